The summed E-state index contributed by atoms with van der Waals surface area (Å²) in [5.41, 5.74) is 0.936. The number of hydrogen-bond donors (Lipinski definition) is 0. The van der Waals surface area contributed by atoms with Gasteiger partial charge in [0.1, 0.15) is 0 Å². The van der Waals surface area contributed by atoms with Crippen LogP contribution >= 0.6 is 15.9 Å². The van der Waals surface area contributed by atoms with E-state index in [-0.39, 0.29) is 11.9 Å². The summed E-state index contributed by atoms with van der Waals surface area (Å²) in [5, 5.41) is 0. The number of ether oxygens (including phenoxy) is 1. The molecule has 0 aliphatic rings. The molecule has 1 rings (SSSR count). The van der Waals surface area contributed by atoms with Crippen molar-refractivity contribution in [2.75, 3.05) is 6.61 Å². The molecule has 0 fully saturated rings. The number of aromatic nitrogens is 1. The zero-order valence-electron chi connectivity index (χ0n) is 8.87. The summed E-state index contributed by atoms with van der Waals surface area (Å²) < 4.78 is 5.88. The van der Waals surface area contributed by atoms with Crippen molar-refractivity contribution in [3.8, 4) is 0 Å². The van der Waals surface area contributed by atoms with Crippen LogP contribution in [0, 0.1) is 0 Å². The van der Waals surface area contributed by atoms with Gasteiger partial charge >= 0.3 is 5.97 Å². The first-order chi connectivity index (χ1) is 7.20. The average Bonchev–Trinajstić information content (AvgIpc) is 2.22. The summed E-state index contributed by atoms with van der Waals surface area (Å²) in [6.07, 6.45) is 4.10. The van der Waals surface area contributed by atoms with Crippen molar-refractivity contribution in [1.82, 2.24) is 4.98 Å². The minimum Gasteiger partial charge on any atom is -0.466 e. The summed E-state index contributed by atoms with van der Waals surface area (Å²) in [4.78, 5) is 15.6. The van der Waals surface area contributed by atoms with E-state index in [1.807, 2.05) is 19.9 Å². The smallest absolute Gasteiger partial charge is 0.313 e. The maximum absolute atomic E-state index is 11.7. The number of pyridine rings is 1. The van der Waals surface area contributed by atoms with Gasteiger partial charge in [-0.15, -0.1) is 0 Å². The summed E-state index contributed by atoms with van der Waals surface area (Å²) in [5.74, 6) is -0.380. The normalized spacial score (nSPS) is 12.2. The maximum Gasteiger partial charge on any atom is 0.313 e. The van der Waals surface area contributed by atoms with E-state index in [2.05, 4.69) is 20.9 Å². The highest BCUT2D eigenvalue weighted by Gasteiger charge is 2.21. The van der Waals surface area contributed by atoms with Crippen LogP contribution in [-0.2, 0) is 9.53 Å². The van der Waals surface area contributed by atoms with Crippen LogP contribution in [0.1, 0.15) is 31.7 Å². The van der Waals surface area contributed by atoms with Crippen molar-refractivity contribution < 1.29 is 9.53 Å². The van der Waals surface area contributed by atoms with Gasteiger partial charge in [-0.2, -0.15) is 0 Å². The molecular formula is C11H14BrNO2. The Balaban J connectivity index is 2.92. The Labute approximate surface area is 98.0 Å². The van der Waals surface area contributed by atoms with Gasteiger partial charge in [0.05, 0.1) is 12.5 Å². The monoisotopic (exact) mass is 271 g/mol. The predicted molar refractivity (Wildman–Crippen MR) is 61.6 cm³/mol. The van der Waals surface area contributed by atoms with Gasteiger partial charge in [0.25, 0.3) is 0 Å². The van der Waals surface area contributed by atoms with Crippen LogP contribution in [0.2, 0.25) is 0 Å². The van der Waals surface area contributed by atoms with Crippen LogP contribution < -0.4 is 0 Å². The van der Waals surface area contributed by atoms with Gasteiger partial charge in [0, 0.05) is 16.9 Å². The predicted octanol–water partition coefficient (Wildman–Crippen LogP) is 2.90. The van der Waals surface area contributed by atoms with Crippen LogP contribution in [-0.4, -0.2) is 17.6 Å². The largest absolute Gasteiger partial charge is 0.466 e. The Morgan fingerprint density at radius 2 is 2.33 bits per heavy atom. The molecule has 1 aromatic rings. The highest BCUT2D eigenvalue weighted by molar-refractivity contribution is 9.10. The lowest BCUT2D eigenvalue weighted by atomic mass is 9.98. The number of hydrogen-bond acceptors (Lipinski definition) is 3. The number of esters is 1. The van der Waals surface area contributed by atoms with Crippen molar-refractivity contribution in [1.29, 1.82) is 0 Å². The lowest BCUT2D eigenvalue weighted by Gasteiger charge is -2.14. The Hall–Kier alpha value is -0.900. The molecule has 0 N–H and O–H groups in total. The molecule has 4 heteroatoms. The first-order valence-corrected chi connectivity index (χ1v) is 5.76. The Bertz CT molecular complexity index is 341. The molecule has 0 amide bonds. The van der Waals surface area contributed by atoms with Crippen LogP contribution in [0.4, 0.5) is 0 Å². The summed E-state index contributed by atoms with van der Waals surface area (Å²) >= 11 is 3.39. The zero-order valence-corrected chi connectivity index (χ0v) is 10.5. The molecule has 1 heterocycles. The van der Waals surface area contributed by atoms with Crippen molar-refractivity contribution in [2.45, 2.75) is 26.2 Å². The second-order valence-electron chi connectivity index (χ2n) is 3.11. The Kier molecular flexibility index (Phi) is 4.75. The van der Waals surface area contributed by atoms with E-state index in [1.165, 1.54) is 0 Å². The molecule has 3 nitrogen and oxygen atoms in total. The van der Waals surface area contributed by atoms with Crippen molar-refractivity contribution >= 4 is 21.9 Å². The fourth-order valence-corrected chi connectivity index (χ4v) is 1.95. The molecule has 0 radical (unpaired) electrons. The molecule has 0 saturated carbocycles. The molecule has 1 aromatic heterocycles. The third-order valence-corrected chi connectivity index (χ3v) is 2.82. The average molecular weight is 272 g/mol. The maximum atomic E-state index is 11.7. The first kappa shape index (κ1) is 12.2. The number of carbonyl (C=O) groups is 1. The fraction of sp³-hybridized carbons (Fsp3) is 0.455. The lowest BCUT2D eigenvalue weighted by Crippen LogP contribution is -2.15. The molecule has 82 valence electrons. The number of rotatable bonds is 4. The van der Waals surface area contributed by atoms with E-state index in [4.69, 9.17) is 4.74 Å². The number of halogens is 1. The van der Waals surface area contributed by atoms with Crippen molar-refractivity contribution in [2.24, 2.45) is 0 Å². The van der Waals surface area contributed by atoms with E-state index < -0.39 is 0 Å². The van der Waals surface area contributed by atoms with Gasteiger partial charge in [0.2, 0.25) is 0 Å². The van der Waals surface area contributed by atoms with Gasteiger partial charge in [-0.3, -0.25) is 9.78 Å². The highest BCUT2D eigenvalue weighted by atomic mass is 79.9. The number of nitrogens with zero attached hydrogens (tertiary/aromatic N) is 1. The Morgan fingerprint density at radius 3 is 2.87 bits per heavy atom. The minimum absolute atomic E-state index is 0.174. The fourth-order valence-electron chi connectivity index (χ4n) is 1.42. The molecule has 0 bridgehead atoms. The van der Waals surface area contributed by atoms with E-state index in [0.29, 0.717) is 6.61 Å². The minimum atomic E-state index is -0.206. The lowest BCUT2D eigenvalue weighted by molar-refractivity contribution is -0.145. The van der Waals surface area contributed by atoms with Crippen molar-refractivity contribution in [3.63, 3.8) is 0 Å². The second-order valence-corrected chi connectivity index (χ2v) is 3.96. The molecule has 1 atom stereocenters. The van der Waals surface area contributed by atoms with Crippen LogP contribution in [0.5, 0.6) is 0 Å². The van der Waals surface area contributed by atoms with Gasteiger partial charge in [0.15, 0.2) is 0 Å². The number of carbonyl (C=O) groups excluding carboxylic acids is 1. The molecule has 0 saturated heterocycles. The summed E-state index contributed by atoms with van der Waals surface area (Å²) in [6, 6.07) is 1.84. The van der Waals surface area contributed by atoms with E-state index in [0.717, 1.165) is 16.5 Å². The third kappa shape index (κ3) is 3.02. The van der Waals surface area contributed by atoms with Crippen LogP contribution in [0.25, 0.3) is 0 Å². The molecule has 0 aromatic carbocycles. The molecule has 15 heavy (non-hydrogen) atoms. The molecule has 0 spiro atoms. The summed E-state index contributed by atoms with van der Waals surface area (Å²) in [6.45, 7) is 4.19. The highest BCUT2D eigenvalue weighted by Crippen LogP contribution is 2.27. The first-order valence-electron chi connectivity index (χ1n) is 4.96. The topological polar surface area (TPSA) is 39.2 Å². The van der Waals surface area contributed by atoms with Crippen molar-refractivity contribution in [3.05, 3.63) is 28.5 Å². The standard InChI is InChI=1S/C11H14BrNO2/c1-3-8(11(14)15-4-2)9-5-6-13-7-10(9)12/h5-8H,3-4H2,1-2H3. The van der Waals surface area contributed by atoms with E-state index >= 15 is 0 Å². The third-order valence-electron chi connectivity index (χ3n) is 2.16. The van der Waals surface area contributed by atoms with E-state index in [9.17, 15) is 4.79 Å². The molecule has 0 aliphatic carbocycles. The van der Waals surface area contributed by atoms with Crippen LogP contribution in [0.15, 0.2) is 22.9 Å². The SMILES string of the molecule is CCOC(=O)C(CC)c1ccncc1Br. The molecular weight excluding hydrogens is 258 g/mol. The summed E-state index contributed by atoms with van der Waals surface area (Å²) in [7, 11) is 0. The van der Waals surface area contributed by atoms with E-state index in [1.54, 1.807) is 12.4 Å². The van der Waals surface area contributed by atoms with Gasteiger partial charge in [-0.25, -0.2) is 0 Å². The molecule has 1 unspecified atom stereocenters. The van der Waals surface area contributed by atoms with Gasteiger partial charge < -0.3 is 4.74 Å². The quantitative estimate of drug-likeness (QED) is 0.791. The van der Waals surface area contributed by atoms with Gasteiger partial charge in [-0.1, -0.05) is 6.92 Å². The second kappa shape index (κ2) is 5.85. The zero-order chi connectivity index (χ0) is 11.3. The molecule has 0 aliphatic heterocycles. The van der Waals surface area contributed by atoms with Crippen LogP contribution in [0.3, 0.4) is 0 Å². The Morgan fingerprint density at radius 1 is 1.60 bits per heavy atom. The van der Waals surface area contributed by atoms with Gasteiger partial charge in [-0.05, 0) is 40.9 Å².